The SMILES string of the molecule is CC(C)(C)/C=C/NC(=O)Nc1cc(Br)ccn1. The first-order valence-electron chi connectivity index (χ1n) is 5.23. The molecule has 0 fully saturated rings. The van der Waals surface area contributed by atoms with Crippen molar-refractivity contribution in [2.24, 2.45) is 5.41 Å². The van der Waals surface area contributed by atoms with E-state index in [0.29, 0.717) is 5.82 Å². The van der Waals surface area contributed by atoms with E-state index in [9.17, 15) is 4.79 Å². The van der Waals surface area contributed by atoms with Gasteiger partial charge in [-0.05, 0) is 17.5 Å². The quantitative estimate of drug-likeness (QED) is 0.877. The zero-order chi connectivity index (χ0) is 12.9. The second-order valence-electron chi connectivity index (χ2n) is 4.66. The zero-order valence-corrected chi connectivity index (χ0v) is 11.7. The number of rotatable bonds is 2. The first kappa shape index (κ1) is 13.7. The number of nitrogens with zero attached hydrogens (tertiary/aromatic N) is 1. The lowest BCUT2D eigenvalue weighted by Crippen LogP contribution is -2.24. The third-order valence-corrected chi connectivity index (χ3v) is 2.25. The van der Waals surface area contributed by atoms with E-state index >= 15 is 0 Å². The Labute approximate surface area is 110 Å². The van der Waals surface area contributed by atoms with E-state index in [-0.39, 0.29) is 11.4 Å². The molecule has 0 aliphatic carbocycles. The van der Waals surface area contributed by atoms with E-state index in [1.54, 1.807) is 24.5 Å². The summed E-state index contributed by atoms with van der Waals surface area (Å²) in [6.07, 6.45) is 5.17. The number of carbonyl (C=O) groups is 1. The van der Waals surface area contributed by atoms with Crippen LogP contribution < -0.4 is 10.6 Å². The number of pyridine rings is 1. The third kappa shape index (κ3) is 6.06. The molecule has 5 heteroatoms. The van der Waals surface area contributed by atoms with Crippen LogP contribution in [0, 0.1) is 5.41 Å². The molecule has 0 spiro atoms. The van der Waals surface area contributed by atoms with Gasteiger partial charge >= 0.3 is 6.03 Å². The molecular formula is C12H16BrN3O. The smallest absolute Gasteiger partial charge is 0.315 e. The van der Waals surface area contributed by atoms with Crippen LogP contribution in [0.25, 0.3) is 0 Å². The van der Waals surface area contributed by atoms with E-state index in [2.05, 4.69) is 52.3 Å². The normalized spacial score (nSPS) is 11.5. The molecule has 0 saturated heterocycles. The number of hydrogen-bond acceptors (Lipinski definition) is 2. The molecule has 92 valence electrons. The minimum Gasteiger partial charge on any atom is -0.315 e. The molecule has 17 heavy (non-hydrogen) atoms. The minimum absolute atomic E-state index is 0.0430. The number of hydrogen-bond donors (Lipinski definition) is 2. The standard InChI is InChI=1S/C12H16BrN3O/c1-12(2,3)5-7-15-11(17)16-10-8-9(13)4-6-14-10/h4-8H,1-3H3,(H2,14,15,16,17)/b7-5+. The highest BCUT2D eigenvalue weighted by atomic mass is 79.9. The van der Waals surface area contributed by atoms with Gasteiger partial charge in [-0.15, -0.1) is 0 Å². The molecule has 1 rings (SSSR count). The number of halogens is 1. The van der Waals surface area contributed by atoms with Gasteiger partial charge in [-0.1, -0.05) is 42.8 Å². The molecule has 0 aliphatic heterocycles. The molecule has 4 nitrogen and oxygen atoms in total. The van der Waals surface area contributed by atoms with Gasteiger partial charge in [0.05, 0.1) is 0 Å². The molecule has 0 aliphatic rings. The molecule has 2 amide bonds. The van der Waals surface area contributed by atoms with E-state index in [4.69, 9.17) is 0 Å². The second-order valence-corrected chi connectivity index (χ2v) is 5.57. The van der Waals surface area contributed by atoms with Crippen molar-refractivity contribution >= 4 is 27.8 Å². The largest absolute Gasteiger partial charge is 0.324 e. The van der Waals surface area contributed by atoms with Gasteiger partial charge in [0.1, 0.15) is 5.82 Å². The van der Waals surface area contributed by atoms with Crippen molar-refractivity contribution in [2.45, 2.75) is 20.8 Å². The van der Waals surface area contributed by atoms with Gasteiger partial charge in [0.15, 0.2) is 0 Å². The lowest BCUT2D eigenvalue weighted by Gasteiger charge is -2.11. The molecule has 0 aromatic carbocycles. The molecule has 0 unspecified atom stereocenters. The number of anilines is 1. The van der Waals surface area contributed by atoms with E-state index < -0.39 is 0 Å². The maximum atomic E-state index is 11.5. The van der Waals surface area contributed by atoms with Crippen molar-refractivity contribution in [3.63, 3.8) is 0 Å². The average molecular weight is 298 g/mol. The van der Waals surface area contributed by atoms with E-state index in [0.717, 1.165) is 4.47 Å². The van der Waals surface area contributed by atoms with Crippen molar-refractivity contribution < 1.29 is 4.79 Å². The Hall–Kier alpha value is -1.36. The van der Waals surface area contributed by atoms with Crippen LogP contribution in [0.1, 0.15) is 20.8 Å². The lowest BCUT2D eigenvalue weighted by molar-refractivity contribution is 0.255. The number of amides is 2. The molecular weight excluding hydrogens is 282 g/mol. The van der Waals surface area contributed by atoms with Crippen molar-refractivity contribution in [3.8, 4) is 0 Å². The highest BCUT2D eigenvalue weighted by molar-refractivity contribution is 9.10. The maximum absolute atomic E-state index is 11.5. The Kier molecular flexibility index (Phi) is 4.69. The third-order valence-electron chi connectivity index (χ3n) is 1.76. The number of aromatic nitrogens is 1. The highest BCUT2D eigenvalue weighted by Crippen LogP contribution is 2.14. The van der Waals surface area contributed by atoms with Crippen LogP contribution in [0.4, 0.5) is 10.6 Å². The van der Waals surface area contributed by atoms with Crippen molar-refractivity contribution in [3.05, 3.63) is 35.1 Å². The van der Waals surface area contributed by atoms with Crippen molar-refractivity contribution in [1.29, 1.82) is 0 Å². The second kappa shape index (κ2) is 5.82. The van der Waals surface area contributed by atoms with Gasteiger partial charge in [-0.2, -0.15) is 0 Å². The van der Waals surface area contributed by atoms with E-state index in [1.807, 2.05) is 6.08 Å². The predicted molar refractivity (Wildman–Crippen MR) is 72.7 cm³/mol. The fourth-order valence-corrected chi connectivity index (χ4v) is 1.33. The first-order valence-corrected chi connectivity index (χ1v) is 6.03. The lowest BCUT2D eigenvalue weighted by atomic mass is 9.97. The minimum atomic E-state index is -0.309. The maximum Gasteiger partial charge on any atom is 0.324 e. The molecule has 1 heterocycles. The Balaban J connectivity index is 2.48. The predicted octanol–water partition coefficient (Wildman–Crippen LogP) is 3.53. The van der Waals surface area contributed by atoms with Crippen LogP contribution in [0.2, 0.25) is 0 Å². The van der Waals surface area contributed by atoms with Gasteiger partial charge in [-0.3, -0.25) is 5.32 Å². The summed E-state index contributed by atoms with van der Waals surface area (Å²) in [5, 5.41) is 5.25. The first-order chi connectivity index (χ1) is 7.87. The van der Waals surface area contributed by atoms with Gasteiger partial charge in [0.25, 0.3) is 0 Å². The van der Waals surface area contributed by atoms with Crippen LogP contribution in [0.5, 0.6) is 0 Å². The van der Waals surface area contributed by atoms with Gasteiger partial charge in [0, 0.05) is 16.9 Å². The zero-order valence-electron chi connectivity index (χ0n) is 10.1. The summed E-state index contributed by atoms with van der Waals surface area (Å²) in [7, 11) is 0. The fraction of sp³-hybridized carbons (Fsp3) is 0.333. The van der Waals surface area contributed by atoms with Crippen LogP contribution in [-0.4, -0.2) is 11.0 Å². The number of carbonyl (C=O) groups excluding carboxylic acids is 1. The Morgan fingerprint density at radius 2 is 2.18 bits per heavy atom. The van der Waals surface area contributed by atoms with Gasteiger partial charge in [-0.25, -0.2) is 9.78 Å². The van der Waals surface area contributed by atoms with Crippen LogP contribution in [0.3, 0.4) is 0 Å². The molecule has 0 saturated carbocycles. The molecule has 0 radical (unpaired) electrons. The summed E-state index contributed by atoms with van der Waals surface area (Å²) in [4.78, 5) is 15.5. The summed E-state index contributed by atoms with van der Waals surface area (Å²) in [6.45, 7) is 6.16. The Morgan fingerprint density at radius 1 is 1.47 bits per heavy atom. The average Bonchev–Trinajstić information content (AvgIpc) is 2.15. The number of nitrogens with one attached hydrogen (secondary N) is 2. The summed E-state index contributed by atoms with van der Waals surface area (Å²) < 4.78 is 0.869. The fourth-order valence-electron chi connectivity index (χ4n) is 0.993. The van der Waals surface area contributed by atoms with Gasteiger partial charge in [0.2, 0.25) is 0 Å². The van der Waals surface area contributed by atoms with Crippen molar-refractivity contribution in [2.75, 3.05) is 5.32 Å². The summed E-state index contributed by atoms with van der Waals surface area (Å²) >= 11 is 3.31. The Morgan fingerprint density at radius 3 is 2.76 bits per heavy atom. The Bertz CT molecular complexity index is 424. The number of allylic oxidation sites excluding steroid dienone is 1. The van der Waals surface area contributed by atoms with Crippen LogP contribution >= 0.6 is 15.9 Å². The topological polar surface area (TPSA) is 54.0 Å². The molecule has 2 N–H and O–H groups in total. The highest BCUT2D eigenvalue weighted by Gasteiger charge is 2.04. The van der Waals surface area contributed by atoms with Gasteiger partial charge < -0.3 is 5.32 Å². The van der Waals surface area contributed by atoms with Crippen LogP contribution in [0.15, 0.2) is 35.1 Å². The van der Waals surface area contributed by atoms with E-state index in [1.165, 1.54) is 0 Å². The monoisotopic (exact) mass is 297 g/mol. The van der Waals surface area contributed by atoms with Crippen LogP contribution in [-0.2, 0) is 0 Å². The summed E-state index contributed by atoms with van der Waals surface area (Å²) in [5.74, 6) is 0.501. The van der Waals surface area contributed by atoms with Crippen molar-refractivity contribution in [1.82, 2.24) is 10.3 Å². The molecule has 0 bridgehead atoms. The summed E-state index contributed by atoms with van der Waals surface area (Å²) in [5.41, 5.74) is 0.0430. The molecule has 1 aromatic rings. The molecule has 0 atom stereocenters. The molecule has 1 aromatic heterocycles. The number of urea groups is 1. The summed E-state index contributed by atoms with van der Waals surface area (Å²) in [6, 6.07) is 3.21.